The molecule has 3 aromatic rings. The first-order chi connectivity index (χ1) is 11.6. The Hall–Kier alpha value is -2.67. The highest BCUT2D eigenvalue weighted by Gasteiger charge is 2.18. The van der Waals surface area contributed by atoms with Crippen molar-refractivity contribution in [2.75, 3.05) is 0 Å². The van der Waals surface area contributed by atoms with Crippen LogP contribution in [0.4, 0.5) is 0 Å². The molecule has 0 saturated carbocycles. The lowest BCUT2D eigenvalue weighted by atomic mass is 9.85. The van der Waals surface area contributed by atoms with Gasteiger partial charge >= 0.3 is 0 Å². The summed E-state index contributed by atoms with van der Waals surface area (Å²) < 4.78 is 0. The van der Waals surface area contributed by atoms with Crippen LogP contribution in [0.1, 0.15) is 39.5 Å². The SMILES string of the molecule is CC(=O)c1c(C)c(Cc2ccccc2)cc(C)c1-c1ccccc1. The van der Waals surface area contributed by atoms with E-state index in [-0.39, 0.29) is 5.78 Å². The van der Waals surface area contributed by atoms with Gasteiger partial charge in [0.2, 0.25) is 0 Å². The van der Waals surface area contributed by atoms with Gasteiger partial charge in [0.05, 0.1) is 0 Å². The zero-order valence-corrected chi connectivity index (χ0v) is 14.5. The van der Waals surface area contributed by atoms with Crippen molar-refractivity contribution in [3.8, 4) is 11.1 Å². The lowest BCUT2D eigenvalue weighted by Gasteiger charge is -2.18. The number of hydrogen-bond acceptors (Lipinski definition) is 1. The number of rotatable bonds is 4. The Balaban J connectivity index is 2.17. The molecule has 0 amide bonds. The maximum absolute atomic E-state index is 12.4. The van der Waals surface area contributed by atoms with Crippen LogP contribution >= 0.6 is 0 Å². The summed E-state index contributed by atoms with van der Waals surface area (Å²) in [5, 5.41) is 0. The Morgan fingerprint density at radius 3 is 2.04 bits per heavy atom. The highest BCUT2D eigenvalue weighted by Crippen LogP contribution is 2.33. The fourth-order valence-electron chi connectivity index (χ4n) is 3.40. The second-order valence-electron chi connectivity index (χ2n) is 6.31. The number of carbonyl (C=O) groups is 1. The summed E-state index contributed by atoms with van der Waals surface area (Å²) in [4.78, 5) is 12.4. The minimum absolute atomic E-state index is 0.129. The summed E-state index contributed by atoms with van der Waals surface area (Å²) in [6.45, 7) is 5.84. The maximum atomic E-state index is 12.4. The van der Waals surface area contributed by atoms with Crippen LogP contribution in [0.5, 0.6) is 0 Å². The molecule has 0 spiro atoms. The van der Waals surface area contributed by atoms with Gasteiger partial charge in [0.25, 0.3) is 0 Å². The predicted octanol–water partition coefficient (Wildman–Crippen LogP) is 5.76. The Bertz CT molecular complexity index is 862. The third kappa shape index (κ3) is 3.16. The quantitative estimate of drug-likeness (QED) is 0.559. The van der Waals surface area contributed by atoms with Crippen LogP contribution in [0.2, 0.25) is 0 Å². The fraction of sp³-hybridized carbons (Fsp3) is 0.174. The largest absolute Gasteiger partial charge is 0.294 e. The number of ketones is 1. The van der Waals surface area contributed by atoms with Gasteiger partial charge in [-0.25, -0.2) is 0 Å². The Morgan fingerprint density at radius 2 is 1.46 bits per heavy atom. The third-order valence-corrected chi connectivity index (χ3v) is 4.54. The summed E-state index contributed by atoms with van der Waals surface area (Å²) in [5.41, 5.74) is 7.77. The number of benzene rings is 3. The molecule has 120 valence electrons. The van der Waals surface area contributed by atoms with E-state index in [1.807, 2.05) is 24.3 Å². The van der Waals surface area contributed by atoms with Crippen molar-refractivity contribution in [1.29, 1.82) is 0 Å². The van der Waals surface area contributed by atoms with Crippen LogP contribution < -0.4 is 0 Å². The van der Waals surface area contributed by atoms with Crippen LogP contribution in [0.3, 0.4) is 0 Å². The van der Waals surface area contributed by atoms with E-state index in [9.17, 15) is 4.79 Å². The molecule has 1 heteroatoms. The van der Waals surface area contributed by atoms with E-state index in [1.165, 1.54) is 11.1 Å². The van der Waals surface area contributed by atoms with E-state index in [1.54, 1.807) is 6.92 Å². The van der Waals surface area contributed by atoms with Crippen molar-refractivity contribution >= 4 is 5.78 Å². The lowest BCUT2D eigenvalue weighted by molar-refractivity contribution is 0.101. The number of Topliss-reactive ketones (excluding diaryl/α,β-unsaturated/α-hetero) is 1. The van der Waals surface area contributed by atoms with Gasteiger partial charge in [-0.05, 0) is 60.6 Å². The molecular weight excluding hydrogens is 292 g/mol. The number of aryl methyl sites for hydroxylation is 1. The average Bonchev–Trinajstić information content (AvgIpc) is 2.59. The molecule has 0 atom stereocenters. The first-order valence-electron chi connectivity index (χ1n) is 8.31. The van der Waals surface area contributed by atoms with Crippen molar-refractivity contribution < 1.29 is 4.79 Å². The van der Waals surface area contributed by atoms with Crippen LogP contribution in [-0.4, -0.2) is 5.78 Å². The fourth-order valence-corrected chi connectivity index (χ4v) is 3.40. The molecule has 0 fully saturated rings. The van der Waals surface area contributed by atoms with E-state index in [0.717, 1.165) is 34.2 Å². The maximum Gasteiger partial charge on any atom is 0.160 e. The molecule has 24 heavy (non-hydrogen) atoms. The van der Waals surface area contributed by atoms with E-state index < -0.39 is 0 Å². The van der Waals surface area contributed by atoms with Crippen molar-refractivity contribution in [2.45, 2.75) is 27.2 Å². The van der Waals surface area contributed by atoms with Gasteiger partial charge in [0.15, 0.2) is 5.78 Å². The van der Waals surface area contributed by atoms with Crippen molar-refractivity contribution in [2.24, 2.45) is 0 Å². The zero-order valence-electron chi connectivity index (χ0n) is 14.5. The van der Waals surface area contributed by atoms with Gasteiger partial charge in [-0.2, -0.15) is 0 Å². The molecule has 1 nitrogen and oxygen atoms in total. The molecule has 0 N–H and O–H groups in total. The minimum atomic E-state index is 0.129. The average molecular weight is 314 g/mol. The zero-order chi connectivity index (χ0) is 17.1. The standard InChI is InChI=1S/C23H22O/c1-16-14-21(15-19-10-6-4-7-11-19)17(2)23(18(3)24)22(16)20-12-8-5-9-13-20/h4-14H,15H2,1-3H3. The normalized spacial score (nSPS) is 10.6. The number of hydrogen-bond donors (Lipinski definition) is 0. The summed E-state index contributed by atoms with van der Waals surface area (Å²) >= 11 is 0. The Labute approximate surface area is 144 Å². The molecule has 0 unspecified atom stereocenters. The van der Waals surface area contributed by atoms with Gasteiger partial charge in [-0.1, -0.05) is 66.7 Å². The summed E-state index contributed by atoms with van der Waals surface area (Å²) in [6, 6.07) is 22.8. The van der Waals surface area contributed by atoms with Gasteiger partial charge in [-0.3, -0.25) is 4.79 Å². The Kier molecular flexibility index (Phi) is 4.61. The summed E-state index contributed by atoms with van der Waals surface area (Å²) in [7, 11) is 0. The second kappa shape index (κ2) is 6.84. The van der Waals surface area contributed by atoms with Crippen molar-refractivity contribution in [3.63, 3.8) is 0 Å². The van der Waals surface area contributed by atoms with E-state index in [0.29, 0.717) is 0 Å². The van der Waals surface area contributed by atoms with Crippen LogP contribution in [0.15, 0.2) is 66.7 Å². The van der Waals surface area contributed by atoms with Crippen molar-refractivity contribution in [3.05, 3.63) is 94.5 Å². The smallest absolute Gasteiger partial charge is 0.160 e. The predicted molar refractivity (Wildman–Crippen MR) is 101 cm³/mol. The first-order valence-corrected chi connectivity index (χ1v) is 8.31. The highest BCUT2D eigenvalue weighted by molar-refractivity contribution is 6.03. The molecule has 3 rings (SSSR count). The van der Waals surface area contributed by atoms with Crippen molar-refractivity contribution in [1.82, 2.24) is 0 Å². The molecule has 0 aromatic heterocycles. The van der Waals surface area contributed by atoms with E-state index in [4.69, 9.17) is 0 Å². The lowest BCUT2D eigenvalue weighted by Crippen LogP contribution is -2.06. The monoisotopic (exact) mass is 314 g/mol. The number of carbonyl (C=O) groups excluding carboxylic acids is 1. The van der Waals surface area contributed by atoms with E-state index >= 15 is 0 Å². The van der Waals surface area contributed by atoms with Crippen LogP contribution in [0.25, 0.3) is 11.1 Å². The molecule has 0 heterocycles. The second-order valence-corrected chi connectivity index (χ2v) is 6.31. The topological polar surface area (TPSA) is 17.1 Å². The van der Waals surface area contributed by atoms with Crippen LogP contribution in [0, 0.1) is 13.8 Å². The minimum Gasteiger partial charge on any atom is -0.294 e. The molecule has 0 saturated heterocycles. The molecule has 3 aromatic carbocycles. The molecule has 0 aliphatic carbocycles. The van der Waals surface area contributed by atoms with Gasteiger partial charge in [0.1, 0.15) is 0 Å². The van der Waals surface area contributed by atoms with Gasteiger partial charge < -0.3 is 0 Å². The molecule has 0 aliphatic rings. The Morgan fingerprint density at radius 1 is 0.875 bits per heavy atom. The van der Waals surface area contributed by atoms with Gasteiger partial charge in [0, 0.05) is 5.56 Å². The third-order valence-electron chi connectivity index (χ3n) is 4.54. The van der Waals surface area contributed by atoms with Gasteiger partial charge in [-0.15, -0.1) is 0 Å². The van der Waals surface area contributed by atoms with Crippen LogP contribution in [-0.2, 0) is 6.42 Å². The first kappa shape index (κ1) is 16.2. The summed E-state index contributed by atoms with van der Waals surface area (Å²) in [6.07, 6.45) is 0.850. The molecule has 0 bridgehead atoms. The highest BCUT2D eigenvalue weighted by atomic mass is 16.1. The molecule has 0 aliphatic heterocycles. The molecular formula is C23H22O. The summed E-state index contributed by atoms with van der Waals surface area (Å²) in [5.74, 6) is 0.129. The molecule has 0 radical (unpaired) electrons. The van der Waals surface area contributed by atoms with E-state index in [2.05, 4.69) is 56.3 Å².